The molecule has 1 aromatic heterocycles. The maximum absolute atomic E-state index is 11.8. The quantitative estimate of drug-likeness (QED) is 0.331. The molecule has 0 aliphatic carbocycles. The van der Waals surface area contributed by atoms with Gasteiger partial charge in [0.2, 0.25) is 0 Å². The Morgan fingerprint density at radius 1 is 1.41 bits per heavy atom. The fourth-order valence-corrected chi connectivity index (χ4v) is 2.13. The number of benzene rings is 1. The molecule has 112 valence electrons. The largest absolute Gasteiger partial charge is 0.507 e. The first-order chi connectivity index (χ1) is 10.4. The van der Waals surface area contributed by atoms with Crippen LogP contribution in [0.5, 0.6) is 11.5 Å². The van der Waals surface area contributed by atoms with Gasteiger partial charge in [-0.05, 0) is 6.26 Å². The van der Waals surface area contributed by atoms with E-state index in [1.165, 1.54) is 0 Å². The van der Waals surface area contributed by atoms with Gasteiger partial charge in [-0.1, -0.05) is 11.8 Å². The van der Waals surface area contributed by atoms with Crippen molar-refractivity contribution in [3.63, 3.8) is 0 Å². The van der Waals surface area contributed by atoms with Crippen LogP contribution in [0.15, 0.2) is 22.1 Å². The van der Waals surface area contributed by atoms with Crippen molar-refractivity contribution >= 4 is 17.4 Å². The average Bonchev–Trinajstić information content (AvgIpc) is 2.46. The first-order valence-electron chi connectivity index (χ1n) is 5.68. The van der Waals surface area contributed by atoms with Gasteiger partial charge >= 0.3 is 5.69 Å². The van der Waals surface area contributed by atoms with Crippen molar-refractivity contribution in [3.05, 3.63) is 38.2 Å². The van der Waals surface area contributed by atoms with Gasteiger partial charge in [0, 0.05) is 12.1 Å². The van der Waals surface area contributed by atoms with E-state index in [9.17, 15) is 25.1 Å². The number of nitrogens with one attached hydrogen (secondary N) is 1. The molecule has 9 nitrogen and oxygen atoms in total. The molecule has 0 atom stereocenters. The zero-order valence-corrected chi connectivity index (χ0v) is 11.8. The number of thioether (sulfide) groups is 1. The van der Waals surface area contributed by atoms with Crippen LogP contribution >= 0.6 is 11.8 Å². The molecule has 1 heterocycles. The highest BCUT2D eigenvalue weighted by molar-refractivity contribution is 7.98. The third-order valence-electron chi connectivity index (χ3n) is 2.75. The number of aromatic amines is 1. The molecule has 0 saturated heterocycles. The summed E-state index contributed by atoms with van der Waals surface area (Å²) in [4.78, 5) is 28.2. The fourth-order valence-electron chi connectivity index (χ4n) is 1.75. The topological polar surface area (TPSA) is 153 Å². The van der Waals surface area contributed by atoms with Gasteiger partial charge in [0.25, 0.3) is 5.56 Å². The van der Waals surface area contributed by atoms with Crippen LogP contribution in [0, 0.1) is 21.4 Å². The van der Waals surface area contributed by atoms with Crippen molar-refractivity contribution in [2.75, 3.05) is 6.26 Å². The Morgan fingerprint density at radius 3 is 2.64 bits per heavy atom. The average molecular weight is 320 g/mol. The number of aromatic nitrogens is 2. The van der Waals surface area contributed by atoms with Gasteiger partial charge < -0.3 is 15.2 Å². The molecule has 0 saturated carbocycles. The molecule has 22 heavy (non-hydrogen) atoms. The highest BCUT2D eigenvalue weighted by Gasteiger charge is 2.22. The SMILES string of the molecule is CSc1nc(-c2cc([N+](=O)[O-])c(O)cc2O)c(C#N)c(=O)[nH]1. The lowest BCUT2D eigenvalue weighted by atomic mass is 10.1. The summed E-state index contributed by atoms with van der Waals surface area (Å²) in [7, 11) is 0. The first kappa shape index (κ1) is 15.3. The Balaban J connectivity index is 2.85. The summed E-state index contributed by atoms with van der Waals surface area (Å²) >= 11 is 1.09. The van der Waals surface area contributed by atoms with Crippen LogP contribution in [0.3, 0.4) is 0 Å². The van der Waals surface area contributed by atoms with Crippen LogP contribution in [-0.2, 0) is 0 Å². The zero-order chi connectivity index (χ0) is 16.4. The molecule has 1 aromatic carbocycles. The van der Waals surface area contributed by atoms with Gasteiger partial charge in [0.15, 0.2) is 10.9 Å². The monoisotopic (exact) mass is 320 g/mol. The number of hydrogen-bond donors (Lipinski definition) is 3. The minimum Gasteiger partial charge on any atom is -0.507 e. The number of rotatable bonds is 3. The molecule has 0 spiro atoms. The van der Waals surface area contributed by atoms with E-state index in [0.717, 1.165) is 23.9 Å². The Hall–Kier alpha value is -3.06. The lowest BCUT2D eigenvalue weighted by molar-refractivity contribution is -0.385. The highest BCUT2D eigenvalue weighted by atomic mass is 32.2. The molecule has 2 aromatic rings. The van der Waals surface area contributed by atoms with E-state index in [4.69, 9.17) is 5.26 Å². The lowest BCUT2D eigenvalue weighted by Crippen LogP contribution is -2.14. The van der Waals surface area contributed by atoms with Gasteiger partial charge in [-0.15, -0.1) is 0 Å². The maximum Gasteiger partial charge on any atom is 0.311 e. The van der Waals surface area contributed by atoms with Crippen molar-refractivity contribution in [1.29, 1.82) is 5.26 Å². The van der Waals surface area contributed by atoms with Gasteiger partial charge in [-0.25, -0.2) is 4.98 Å². The van der Waals surface area contributed by atoms with Gasteiger partial charge in [0.1, 0.15) is 23.1 Å². The summed E-state index contributed by atoms with van der Waals surface area (Å²) < 4.78 is 0. The van der Waals surface area contributed by atoms with Crippen molar-refractivity contribution in [2.24, 2.45) is 0 Å². The second-order valence-electron chi connectivity index (χ2n) is 4.03. The smallest absolute Gasteiger partial charge is 0.311 e. The van der Waals surface area contributed by atoms with Crippen LogP contribution in [0.1, 0.15) is 5.56 Å². The minimum atomic E-state index is -0.854. The van der Waals surface area contributed by atoms with Crippen molar-refractivity contribution in [2.45, 2.75) is 5.16 Å². The summed E-state index contributed by atoms with van der Waals surface area (Å²) in [6, 6.07) is 3.26. The lowest BCUT2D eigenvalue weighted by Gasteiger charge is -2.08. The van der Waals surface area contributed by atoms with Crippen molar-refractivity contribution in [3.8, 4) is 28.8 Å². The minimum absolute atomic E-state index is 0.175. The summed E-state index contributed by atoms with van der Waals surface area (Å²) in [5, 5.41) is 39.4. The zero-order valence-electron chi connectivity index (χ0n) is 11.0. The van der Waals surface area contributed by atoms with E-state index < -0.39 is 33.2 Å². The van der Waals surface area contributed by atoms with Crippen LogP contribution in [0.25, 0.3) is 11.3 Å². The Kier molecular flexibility index (Phi) is 4.00. The van der Waals surface area contributed by atoms with E-state index in [1.807, 2.05) is 0 Å². The molecule has 0 unspecified atom stereocenters. The molecule has 0 fully saturated rings. The summed E-state index contributed by atoms with van der Waals surface area (Å²) in [5.41, 5.74) is -2.19. The van der Waals surface area contributed by atoms with E-state index in [-0.39, 0.29) is 16.4 Å². The molecule has 0 aliphatic heterocycles. The number of phenolic OH excluding ortho intramolecular Hbond substituents is 2. The molecular formula is C12H8N4O5S. The van der Waals surface area contributed by atoms with Crippen LogP contribution in [0.4, 0.5) is 5.69 Å². The number of H-pyrrole nitrogens is 1. The first-order valence-corrected chi connectivity index (χ1v) is 6.90. The number of aromatic hydroxyl groups is 2. The second kappa shape index (κ2) is 5.74. The second-order valence-corrected chi connectivity index (χ2v) is 4.82. The molecule has 0 amide bonds. The van der Waals surface area contributed by atoms with Crippen molar-refractivity contribution < 1.29 is 15.1 Å². The van der Waals surface area contributed by atoms with E-state index >= 15 is 0 Å². The Bertz CT molecular complexity index is 871. The number of nitriles is 1. The Morgan fingerprint density at radius 2 is 2.09 bits per heavy atom. The molecule has 0 radical (unpaired) electrons. The van der Waals surface area contributed by atoms with Crippen molar-refractivity contribution in [1.82, 2.24) is 9.97 Å². The van der Waals surface area contributed by atoms with E-state index in [2.05, 4.69) is 9.97 Å². The fraction of sp³-hybridized carbons (Fsp3) is 0.0833. The Labute approximate surface area is 127 Å². The van der Waals surface area contributed by atoms with Crippen LogP contribution in [-0.4, -0.2) is 31.4 Å². The van der Waals surface area contributed by atoms with Crippen LogP contribution < -0.4 is 5.56 Å². The number of nitro groups is 1. The standard InChI is InChI=1S/C12H8N4O5S/c1-22-12-14-10(6(4-13)11(19)15-12)5-2-7(16(20)21)9(18)3-8(5)17/h2-3,17-18H,1H3,(H,14,15,19). The molecule has 2 rings (SSSR count). The van der Waals surface area contributed by atoms with Gasteiger partial charge in [0.05, 0.1) is 10.5 Å². The summed E-state index contributed by atoms with van der Waals surface area (Å²) in [6.07, 6.45) is 1.63. The number of phenols is 2. The molecular weight excluding hydrogens is 312 g/mol. The maximum atomic E-state index is 11.8. The summed E-state index contributed by atoms with van der Waals surface area (Å²) in [6.45, 7) is 0. The number of hydrogen-bond acceptors (Lipinski definition) is 8. The summed E-state index contributed by atoms with van der Waals surface area (Å²) in [5.74, 6) is -1.27. The normalized spacial score (nSPS) is 10.2. The van der Waals surface area contributed by atoms with E-state index in [0.29, 0.717) is 0 Å². The highest BCUT2D eigenvalue weighted by Crippen LogP contribution is 2.38. The number of nitro benzene ring substituents is 1. The predicted molar refractivity (Wildman–Crippen MR) is 76.8 cm³/mol. The van der Waals surface area contributed by atoms with Gasteiger partial charge in [-0.3, -0.25) is 14.9 Å². The van der Waals surface area contributed by atoms with Gasteiger partial charge in [-0.2, -0.15) is 5.26 Å². The molecule has 3 N–H and O–H groups in total. The van der Waals surface area contributed by atoms with E-state index in [1.54, 1.807) is 12.3 Å². The third kappa shape index (κ3) is 2.57. The van der Waals surface area contributed by atoms with Crippen LogP contribution in [0.2, 0.25) is 0 Å². The number of nitrogens with zero attached hydrogens (tertiary/aromatic N) is 3. The predicted octanol–water partition coefficient (Wildman–Crippen LogP) is 1.35. The molecule has 10 heteroatoms. The third-order valence-corrected chi connectivity index (χ3v) is 3.33. The molecule has 0 aliphatic rings. The molecule has 0 bridgehead atoms.